The van der Waals surface area contributed by atoms with Crippen molar-refractivity contribution in [3.05, 3.63) is 34.4 Å². The van der Waals surface area contributed by atoms with Crippen LogP contribution in [0.3, 0.4) is 0 Å². The van der Waals surface area contributed by atoms with Gasteiger partial charge >= 0.3 is 0 Å². The van der Waals surface area contributed by atoms with E-state index in [-0.39, 0.29) is 0 Å². The molecule has 2 N–H and O–H groups in total. The van der Waals surface area contributed by atoms with Gasteiger partial charge < -0.3 is 9.47 Å². The van der Waals surface area contributed by atoms with Gasteiger partial charge in [0.25, 0.3) is 0 Å². The minimum atomic E-state index is 0.432. The monoisotopic (exact) mass is 263 g/mol. The maximum absolute atomic E-state index is 5.23. The Hall–Kier alpha value is -2.08. The summed E-state index contributed by atoms with van der Waals surface area (Å²) < 4.78 is 10.8. The third kappa shape index (κ3) is 2.78. The number of aromatic nitrogens is 3. The van der Waals surface area contributed by atoms with E-state index in [9.17, 15) is 0 Å². The number of benzene rings is 1. The first-order chi connectivity index (χ1) is 8.72. The molecule has 0 atom stereocenters. The van der Waals surface area contributed by atoms with Crippen LogP contribution in [0.5, 0.6) is 11.5 Å². The van der Waals surface area contributed by atoms with E-state index in [0.29, 0.717) is 22.1 Å². The van der Waals surface area contributed by atoms with E-state index < -0.39 is 0 Å². The molecular formula is C12H13N3O2S. The summed E-state index contributed by atoms with van der Waals surface area (Å²) in [4.78, 5) is 4.06. The molecule has 0 radical (unpaired) electrons. The maximum atomic E-state index is 5.23. The van der Waals surface area contributed by atoms with E-state index in [1.54, 1.807) is 14.2 Å². The van der Waals surface area contributed by atoms with Crippen LogP contribution in [0.1, 0.15) is 11.4 Å². The van der Waals surface area contributed by atoms with Crippen molar-refractivity contribution in [2.75, 3.05) is 14.2 Å². The van der Waals surface area contributed by atoms with Crippen LogP contribution in [0.15, 0.2) is 18.2 Å². The Balaban J connectivity index is 2.24. The topological polar surface area (TPSA) is 62.9 Å². The first-order valence-electron chi connectivity index (χ1n) is 5.27. The van der Waals surface area contributed by atoms with Crippen molar-refractivity contribution in [3.63, 3.8) is 0 Å². The minimum absolute atomic E-state index is 0.432. The Morgan fingerprint density at radius 3 is 2.50 bits per heavy atom. The summed E-state index contributed by atoms with van der Waals surface area (Å²) in [6.45, 7) is 0. The van der Waals surface area contributed by atoms with Gasteiger partial charge in [-0.1, -0.05) is 12.1 Å². The van der Waals surface area contributed by atoms with Crippen molar-refractivity contribution in [3.8, 4) is 11.5 Å². The van der Waals surface area contributed by atoms with Crippen molar-refractivity contribution in [1.29, 1.82) is 0 Å². The Bertz CT molecular complexity index is 616. The highest BCUT2D eigenvalue weighted by atomic mass is 32.1. The van der Waals surface area contributed by atoms with E-state index in [1.165, 1.54) is 0 Å². The van der Waals surface area contributed by atoms with Gasteiger partial charge in [0.05, 0.1) is 14.2 Å². The summed E-state index contributed by atoms with van der Waals surface area (Å²) in [7, 11) is 3.22. The van der Waals surface area contributed by atoms with Crippen LogP contribution in [0.4, 0.5) is 0 Å². The second-order valence-electron chi connectivity index (χ2n) is 3.50. The summed E-state index contributed by atoms with van der Waals surface area (Å²) in [6, 6.07) is 5.67. The molecule has 0 saturated heterocycles. The van der Waals surface area contributed by atoms with Gasteiger partial charge in [-0.3, -0.25) is 10.2 Å². The number of nitrogens with zero attached hydrogens (tertiary/aromatic N) is 1. The van der Waals surface area contributed by atoms with Gasteiger partial charge in [-0.15, -0.1) is 0 Å². The molecule has 0 amide bonds. The average Bonchev–Trinajstić information content (AvgIpc) is 2.81. The predicted octanol–water partition coefficient (Wildman–Crippen LogP) is 2.65. The zero-order valence-corrected chi connectivity index (χ0v) is 10.9. The Labute approximate surface area is 109 Å². The average molecular weight is 263 g/mol. The first kappa shape index (κ1) is 12.4. The van der Waals surface area contributed by atoms with Crippen molar-refractivity contribution in [1.82, 2.24) is 15.2 Å². The highest BCUT2D eigenvalue weighted by molar-refractivity contribution is 7.71. The lowest BCUT2D eigenvalue weighted by atomic mass is 10.2. The lowest BCUT2D eigenvalue weighted by Crippen LogP contribution is -1.90. The van der Waals surface area contributed by atoms with Crippen LogP contribution >= 0.6 is 12.2 Å². The number of H-pyrrole nitrogens is 2. The summed E-state index contributed by atoms with van der Waals surface area (Å²) in [6.07, 6.45) is 3.73. The number of methoxy groups -OCH3 is 2. The summed E-state index contributed by atoms with van der Waals surface area (Å²) >= 11 is 4.87. The number of nitrogens with one attached hydrogen (secondary N) is 2. The van der Waals surface area contributed by atoms with Gasteiger partial charge in [-0.05, 0) is 36.0 Å². The zero-order chi connectivity index (χ0) is 13.0. The van der Waals surface area contributed by atoms with Gasteiger partial charge in [0.2, 0.25) is 4.77 Å². The largest absolute Gasteiger partial charge is 0.493 e. The molecule has 5 nitrogen and oxygen atoms in total. The molecule has 94 valence electrons. The van der Waals surface area contributed by atoms with E-state index in [2.05, 4.69) is 15.2 Å². The molecular weight excluding hydrogens is 250 g/mol. The summed E-state index contributed by atoms with van der Waals surface area (Å²) in [5, 5.41) is 5.57. The van der Waals surface area contributed by atoms with Crippen molar-refractivity contribution in [2.24, 2.45) is 0 Å². The molecule has 0 spiro atoms. The van der Waals surface area contributed by atoms with E-state index in [1.807, 2.05) is 30.4 Å². The fourth-order valence-corrected chi connectivity index (χ4v) is 1.64. The Kier molecular flexibility index (Phi) is 3.78. The molecule has 0 aliphatic heterocycles. The normalized spacial score (nSPS) is 10.8. The predicted molar refractivity (Wildman–Crippen MR) is 72.2 cm³/mol. The SMILES string of the molecule is COc1ccc(/C=C/c2nc(=S)[nH][nH]2)cc1OC. The summed E-state index contributed by atoms with van der Waals surface area (Å²) in [5.41, 5.74) is 0.981. The van der Waals surface area contributed by atoms with Crippen LogP contribution in [-0.4, -0.2) is 29.4 Å². The van der Waals surface area contributed by atoms with Gasteiger partial charge in [0, 0.05) is 0 Å². The van der Waals surface area contributed by atoms with Gasteiger partial charge in [-0.2, -0.15) is 0 Å². The van der Waals surface area contributed by atoms with Crippen LogP contribution in [-0.2, 0) is 0 Å². The summed E-state index contributed by atoms with van der Waals surface area (Å²) in [5.74, 6) is 2.07. The molecule has 6 heteroatoms. The molecule has 2 rings (SSSR count). The fourth-order valence-electron chi connectivity index (χ4n) is 1.49. The van der Waals surface area contributed by atoms with Crippen LogP contribution < -0.4 is 9.47 Å². The molecule has 0 fully saturated rings. The lowest BCUT2D eigenvalue weighted by Gasteiger charge is -2.07. The quantitative estimate of drug-likeness (QED) is 0.832. The Morgan fingerprint density at radius 2 is 1.89 bits per heavy atom. The molecule has 1 heterocycles. The molecule has 1 aromatic carbocycles. The van der Waals surface area contributed by atoms with Crippen LogP contribution in [0.25, 0.3) is 12.2 Å². The molecule has 0 aliphatic rings. The first-order valence-corrected chi connectivity index (χ1v) is 5.68. The standard InChI is InChI=1S/C12H13N3O2S/c1-16-9-5-3-8(7-10(9)17-2)4-6-11-13-12(18)15-14-11/h3-7H,1-2H3,(H2,13,14,15,18)/b6-4+. The smallest absolute Gasteiger partial charge is 0.213 e. The van der Waals surface area contributed by atoms with Gasteiger partial charge in [0.1, 0.15) is 5.82 Å². The van der Waals surface area contributed by atoms with Crippen molar-refractivity contribution in [2.45, 2.75) is 0 Å². The number of ether oxygens (including phenoxy) is 2. The minimum Gasteiger partial charge on any atom is -0.493 e. The highest BCUT2D eigenvalue weighted by Crippen LogP contribution is 2.28. The molecule has 0 aliphatic carbocycles. The van der Waals surface area contributed by atoms with E-state index >= 15 is 0 Å². The lowest BCUT2D eigenvalue weighted by molar-refractivity contribution is 0.355. The molecule has 2 aromatic rings. The highest BCUT2D eigenvalue weighted by Gasteiger charge is 2.02. The third-order valence-electron chi connectivity index (χ3n) is 2.36. The third-order valence-corrected chi connectivity index (χ3v) is 2.55. The molecule has 0 bridgehead atoms. The molecule has 0 saturated carbocycles. The second kappa shape index (κ2) is 5.50. The zero-order valence-electron chi connectivity index (χ0n) is 10.1. The number of rotatable bonds is 4. The molecule has 1 aromatic heterocycles. The van der Waals surface area contributed by atoms with E-state index in [4.69, 9.17) is 21.7 Å². The molecule has 0 unspecified atom stereocenters. The number of hydrogen-bond donors (Lipinski definition) is 2. The number of hydrogen-bond acceptors (Lipinski definition) is 4. The van der Waals surface area contributed by atoms with E-state index in [0.717, 1.165) is 5.56 Å². The maximum Gasteiger partial charge on any atom is 0.213 e. The van der Waals surface area contributed by atoms with Crippen LogP contribution in [0.2, 0.25) is 0 Å². The van der Waals surface area contributed by atoms with Crippen LogP contribution in [0, 0.1) is 4.77 Å². The van der Waals surface area contributed by atoms with Gasteiger partial charge in [0.15, 0.2) is 11.5 Å². The number of aromatic amines is 2. The molecule has 18 heavy (non-hydrogen) atoms. The Morgan fingerprint density at radius 1 is 1.11 bits per heavy atom. The fraction of sp³-hybridized carbons (Fsp3) is 0.167. The van der Waals surface area contributed by atoms with Crippen molar-refractivity contribution >= 4 is 24.4 Å². The van der Waals surface area contributed by atoms with Gasteiger partial charge in [-0.25, -0.2) is 4.98 Å². The van der Waals surface area contributed by atoms with Crippen molar-refractivity contribution < 1.29 is 9.47 Å². The second-order valence-corrected chi connectivity index (χ2v) is 3.89.